The molecule has 3 N–H and O–H groups in total. The lowest BCUT2D eigenvalue weighted by atomic mass is 10.2. The lowest BCUT2D eigenvalue weighted by Crippen LogP contribution is -2.35. The topological polar surface area (TPSA) is 56.8 Å². The summed E-state index contributed by atoms with van der Waals surface area (Å²) in [4.78, 5) is 2.27. The van der Waals surface area contributed by atoms with Crippen LogP contribution in [0.15, 0.2) is 24.3 Å². The number of anilines is 1. The largest absolute Gasteiger partial charge is 0.370 e. The first-order chi connectivity index (χ1) is 9.67. The number of aliphatic hydroxyl groups excluding tert-OH is 1. The van der Waals surface area contributed by atoms with Gasteiger partial charge in [-0.3, -0.25) is 5.32 Å². The molecular weight excluding hydrogens is 278 g/mol. The van der Waals surface area contributed by atoms with Crippen molar-refractivity contribution in [1.82, 2.24) is 10.6 Å². The molecule has 0 saturated heterocycles. The van der Waals surface area contributed by atoms with E-state index in [1.54, 1.807) is 0 Å². The van der Waals surface area contributed by atoms with Crippen molar-refractivity contribution in [3.05, 3.63) is 29.3 Å². The zero-order valence-electron chi connectivity index (χ0n) is 12.1. The van der Waals surface area contributed by atoms with Gasteiger partial charge in [-0.25, -0.2) is 0 Å². The Bertz CT molecular complexity index is 379. The van der Waals surface area contributed by atoms with Gasteiger partial charge in [0.1, 0.15) is 0 Å². The minimum atomic E-state index is -0.896. The lowest BCUT2D eigenvalue weighted by Gasteiger charge is -2.25. The number of hydrogen-bond acceptors (Lipinski definition) is 5. The molecule has 0 aromatic heterocycles. The zero-order valence-corrected chi connectivity index (χ0v) is 12.9. The van der Waals surface area contributed by atoms with Gasteiger partial charge in [0.15, 0.2) is 0 Å². The van der Waals surface area contributed by atoms with Gasteiger partial charge >= 0.3 is 0 Å². The van der Waals surface area contributed by atoms with Crippen LogP contribution in [0.4, 0.5) is 5.69 Å². The van der Waals surface area contributed by atoms with Crippen molar-refractivity contribution < 1.29 is 9.84 Å². The molecule has 0 fully saturated rings. The molecule has 0 aliphatic carbocycles. The molecule has 1 unspecified atom stereocenters. The van der Waals surface area contributed by atoms with Crippen LogP contribution in [0.5, 0.6) is 0 Å². The summed E-state index contributed by atoms with van der Waals surface area (Å²) in [6, 6.07) is 7.85. The average Bonchev–Trinajstić information content (AvgIpc) is 2.46. The standard InChI is InChI=1S/C14H24ClN3O2/c1-16-8-10-18(9-4-7-17-14(19)20-2)13-6-3-5-12(15)11-13/h3,5-6,11,14,16-17,19H,4,7-10H2,1-2H3. The minimum Gasteiger partial charge on any atom is -0.370 e. The molecule has 0 bridgehead atoms. The molecule has 0 saturated carbocycles. The second kappa shape index (κ2) is 9.96. The van der Waals surface area contributed by atoms with Crippen LogP contribution in [0, 0.1) is 0 Å². The Morgan fingerprint density at radius 2 is 2.15 bits per heavy atom. The predicted octanol–water partition coefficient (Wildman–Crippen LogP) is 1.27. The predicted molar refractivity (Wildman–Crippen MR) is 83.2 cm³/mol. The maximum absolute atomic E-state index is 9.24. The summed E-state index contributed by atoms with van der Waals surface area (Å²) in [6.45, 7) is 3.38. The smallest absolute Gasteiger partial charge is 0.213 e. The number of likely N-dealkylation sites (N-methyl/N-ethyl adjacent to an activating group) is 1. The van der Waals surface area contributed by atoms with Crippen LogP contribution in [0.3, 0.4) is 0 Å². The van der Waals surface area contributed by atoms with Crippen LogP contribution in [0.2, 0.25) is 5.02 Å². The van der Waals surface area contributed by atoms with Crippen molar-refractivity contribution in [2.45, 2.75) is 12.8 Å². The van der Waals surface area contributed by atoms with Crippen molar-refractivity contribution in [3.8, 4) is 0 Å². The number of hydrogen-bond donors (Lipinski definition) is 3. The lowest BCUT2D eigenvalue weighted by molar-refractivity contribution is -0.0962. The van der Waals surface area contributed by atoms with Gasteiger partial charge in [-0.15, -0.1) is 0 Å². The number of benzene rings is 1. The number of methoxy groups -OCH3 is 1. The molecule has 114 valence electrons. The van der Waals surface area contributed by atoms with E-state index in [-0.39, 0.29) is 0 Å². The number of aliphatic hydroxyl groups is 1. The van der Waals surface area contributed by atoms with E-state index in [1.807, 2.05) is 25.2 Å². The van der Waals surface area contributed by atoms with Gasteiger partial charge in [0.05, 0.1) is 0 Å². The molecule has 0 spiro atoms. The van der Waals surface area contributed by atoms with Crippen molar-refractivity contribution in [2.75, 3.05) is 45.2 Å². The molecule has 0 aliphatic heterocycles. The van der Waals surface area contributed by atoms with Gasteiger partial charge in [0, 0.05) is 44.0 Å². The first-order valence-electron chi connectivity index (χ1n) is 6.76. The Morgan fingerprint density at radius 3 is 2.80 bits per heavy atom. The maximum atomic E-state index is 9.24. The number of rotatable bonds is 10. The Labute approximate surface area is 125 Å². The molecule has 1 rings (SSSR count). The van der Waals surface area contributed by atoms with E-state index in [9.17, 15) is 5.11 Å². The van der Waals surface area contributed by atoms with E-state index in [0.717, 1.165) is 36.8 Å². The Kier molecular flexibility index (Phi) is 8.57. The fourth-order valence-corrected chi connectivity index (χ4v) is 2.05. The third kappa shape index (κ3) is 6.54. The first-order valence-corrected chi connectivity index (χ1v) is 7.14. The highest BCUT2D eigenvalue weighted by Crippen LogP contribution is 2.19. The molecule has 0 aliphatic rings. The van der Waals surface area contributed by atoms with Crippen LogP contribution in [0.1, 0.15) is 6.42 Å². The quantitative estimate of drug-likeness (QED) is 0.449. The second-order valence-electron chi connectivity index (χ2n) is 4.47. The fraction of sp³-hybridized carbons (Fsp3) is 0.571. The van der Waals surface area contributed by atoms with Gasteiger partial charge in [-0.2, -0.15) is 0 Å². The Hall–Kier alpha value is -0.850. The van der Waals surface area contributed by atoms with E-state index >= 15 is 0 Å². The summed E-state index contributed by atoms with van der Waals surface area (Å²) >= 11 is 6.04. The molecule has 0 amide bonds. The molecule has 6 heteroatoms. The molecule has 1 atom stereocenters. The number of nitrogens with zero attached hydrogens (tertiary/aromatic N) is 1. The maximum Gasteiger partial charge on any atom is 0.213 e. The van der Waals surface area contributed by atoms with Crippen LogP contribution in [-0.2, 0) is 4.74 Å². The molecule has 20 heavy (non-hydrogen) atoms. The molecule has 1 aromatic rings. The summed E-state index contributed by atoms with van der Waals surface area (Å²) in [7, 11) is 3.40. The van der Waals surface area contributed by atoms with E-state index in [4.69, 9.17) is 16.3 Å². The van der Waals surface area contributed by atoms with E-state index in [2.05, 4.69) is 21.6 Å². The van der Waals surface area contributed by atoms with Crippen molar-refractivity contribution >= 4 is 17.3 Å². The minimum absolute atomic E-state index is 0.686. The molecule has 0 heterocycles. The normalized spacial score (nSPS) is 12.4. The number of halogens is 1. The Morgan fingerprint density at radius 1 is 1.35 bits per heavy atom. The van der Waals surface area contributed by atoms with Crippen LogP contribution < -0.4 is 15.5 Å². The SMILES string of the molecule is CNCCN(CCCNC(O)OC)c1cccc(Cl)c1. The van der Waals surface area contributed by atoms with Crippen molar-refractivity contribution in [2.24, 2.45) is 0 Å². The second-order valence-corrected chi connectivity index (χ2v) is 4.90. The van der Waals surface area contributed by atoms with E-state index < -0.39 is 6.41 Å². The number of ether oxygens (including phenoxy) is 1. The first kappa shape index (κ1) is 17.2. The average molecular weight is 302 g/mol. The molecule has 5 nitrogen and oxygen atoms in total. The highest BCUT2D eigenvalue weighted by molar-refractivity contribution is 6.30. The highest BCUT2D eigenvalue weighted by Gasteiger charge is 2.07. The van der Waals surface area contributed by atoms with Crippen molar-refractivity contribution in [1.29, 1.82) is 0 Å². The molecular formula is C14H24ClN3O2. The van der Waals surface area contributed by atoms with Gasteiger partial charge < -0.3 is 20.1 Å². The fourth-order valence-electron chi connectivity index (χ4n) is 1.87. The summed E-state index contributed by atoms with van der Waals surface area (Å²) in [5.41, 5.74) is 1.11. The van der Waals surface area contributed by atoms with Gasteiger partial charge in [0.25, 0.3) is 0 Å². The molecule has 1 aromatic carbocycles. The summed E-state index contributed by atoms with van der Waals surface area (Å²) < 4.78 is 4.73. The van der Waals surface area contributed by atoms with E-state index in [0.29, 0.717) is 6.54 Å². The van der Waals surface area contributed by atoms with Crippen LogP contribution in [0.25, 0.3) is 0 Å². The summed E-state index contributed by atoms with van der Waals surface area (Å²) in [6.07, 6.45) is 0.00309. The van der Waals surface area contributed by atoms with Crippen LogP contribution >= 0.6 is 11.6 Å². The summed E-state index contributed by atoms with van der Waals surface area (Å²) in [5, 5.41) is 16.0. The summed E-state index contributed by atoms with van der Waals surface area (Å²) in [5.74, 6) is 0. The van der Waals surface area contributed by atoms with Gasteiger partial charge in [-0.1, -0.05) is 17.7 Å². The van der Waals surface area contributed by atoms with Gasteiger partial charge in [0.2, 0.25) is 6.41 Å². The molecule has 0 radical (unpaired) electrons. The highest BCUT2D eigenvalue weighted by atomic mass is 35.5. The number of nitrogens with one attached hydrogen (secondary N) is 2. The van der Waals surface area contributed by atoms with Crippen LogP contribution in [-0.4, -0.2) is 51.9 Å². The Balaban J connectivity index is 2.47. The third-order valence-electron chi connectivity index (χ3n) is 2.95. The van der Waals surface area contributed by atoms with Crippen molar-refractivity contribution in [3.63, 3.8) is 0 Å². The zero-order chi connectivity index (χ0) is 14.8. The van der Waals surface area contributed by atoms with E-state index in [1.165, 1.54) is 7.11 Å². The monoisotopic (exact) mass is 301 g/mol. The third-order valence-corrected chi connectivity index (χ3v) is 3.19. The van der Waals surface area contributed by atoms with Gasteiger partial charge in [-0.05, 0) is 31.7 Å².